The van der Waals surface area contributed by atoms with Gasteiger partial charge in [0, 0.05) is 25.7 Å². The number of guanidine groups is 1. The van der Waals surface area contributed by atoms with Crippen LogP contribution in [0.1, 0.15) is 40.5 Å². The van der Waals surface area contributed by atoms with E-state index in [1.165, 1.54) is 12.8 Å². The van der Waals surface area contributed by atoms with Crippen LogP contribution in [-0.4, -0.2) is 73.4 Å². The van der Waals surface area contributed by atoms with E-state index in [1.807, 2.05) is 27.7 Å². The molecule has 0 aromatic heterocycles. The first-order valence-electron chi connectivity index (χ1n) is 8.77. The third-order valence-electron chi connectivity index (χ3n) is 3.40. The van der Waals surface area contributed by atoms with Crippen molar-refractivity contribution in [1.82, 2.24) is 15.5 Å². The summed E-state index contributed by atoms with van der Waals surface area (Å²) in [4.78, 5) is 18.2. The monoisotopic (exact) mass is 470 g/mol. The largest absolute Gasteiger partial charge is 0.389 e. The van der Waals surface area contributed by atoms with E-state index >= 15 is 0 Å². The number of amides is 1. The van der Waals surface area contributed by atoms with Crippen molar-refractivity contribution < 1.29 is 14.6 Å². The highest BCUT2D eigenvalue weighted by atomic mass is 127. The number of carbonyl (C=O) groups excluding carboxylic acids is 1. The lowest BCUT2D eigenvalue weighted by molar-refractivity contribution is -0.122. The van der Waals surface area contributed by atoms with Crippen LogP contribution in [-0.2, 0) is 9.53 Å². The van der Waals surface area contributed by atoms with Gasteiger partial charge >= 0.3 is 0 Å². The number of hydrogen-bond donors (Lipinski definition) is 3. The van der Waals surface area contributed by atoms with Gasteiger partial charge in [-0.3, -0.25) is 9.79 Å². The lowest BCUT2D eigenvalue weighted by Gasteiger charge is -2.25. The summed E-state index contributed by atoms with van der Waals surface area (Å²) in [6.45, 7) is 9.98. The second-order valence-corrected chi connectivity index (χ2v) is 7.48. The quantitative estimate of drug-likeness (QED) is 0.268. The maximum Gasteiger partial charge on any atom is 0.240 e. The van der Waals surface area contributed by atoms with Gasteiger partial charge in [0.15, 0.2) is 5.96 Å². The van der Waals surface area contributed by atoms with Crippen LogP contribution in [0.3, 0.4) is 0 Å². The molecular weight excluding hydrogens is 435 g/mol. The lowest BCUT2D eigenvalue weighted by atomic mass is 10.1. The molecule has 0 heterocycles. The number of nitrogens with one attached hydrogen (secondary N) is 2. The van der Waals surface area contributed by atoms with Gasteiger partial charge in [0.25, 0.3) is 0 Å². The summed E-state index contributed by atoms with van der Waals surface area (Å²) < 4.78 is 5.47. The Labute approximate surface area is 169 Å². The second kappa shape index (κ2) is 11.9. The number of aliphatic hydroxyl groups is 1. The van der Waals surface area contributed by atoms with Gasteiger partial charge in [-0.1, -0.05) is 0 Å². The standard InChI is InChI=1S/C17H34N4O3.HI/c1-6-18-16(21(5)10-15(23)20-17(2,3)4)19-9-14(22)12-24-11-13-7-8-13;/h13-14,22H,6-12H2,1-5H3,(H,18,19)(H,20,23);1H. The average molecular weight is 470 g/mol. The molecule has 3 N–H and O–H groups in total. The Kier molecular flexibility index (Phi) is 11.6. The second-order valence-electron chi connectivity index (χ2n) is 7.48. The molecule has 0 saturated heterocycles. The van der Waals surface area contributed by atoms with Crippen molar-refractivity contribution in [1.29, 1.82) is 0 Å². The predicted octanol–water partition coefficient (Wildman–Crippen LogP) is 1.20. The van der Waals surface area contributed by atoms with Crippen LogP contribution in [0.2, 0.25) is 0 Å². The summed E-state index contributed by atoms with van der Waals surface area (Å²) >= 11 is 0. The van der Waals surface area contributed by atoms with Gasteiger partial charge in [0.2, 0.25) is 5.91 Å². The Morgan fingerprint density at radius 2 is 2.04 bits per heavy atom. The first kappa shape index (κ1) is 24.4. The zero-order valence-corrected chi connectivity index (χ0v) is 18.5. The number of aliphatic hydroxyl groups excluding tert-OH is 1. The Balaban J connectivity index is 0.00000576. The minimum Gasteiger partial charge on any atom is -0.389 e. The Bertz CT molecular complexity index is 423. The van der Waals surface area contributed by atoms with E-state index in [2.05, 4.69) is 15.6 Å². The van der Waals surface area contributed by atoms with Gasteiger partial charge in [0.1, 0.15) is 0 Å². The van der Waals surface area contributed by atoms with E-state index in [0.717, 1.165) is 6.61 Å². The summed E-state index contributed by atoms with van der Waals surface area (Å²) in [5.74, 6) is 1.22. The number of carbonyl (C=O) groups is 1. The molecule has 1 amide bonds. The van der Waals surface area contributed by atoms with Gasteiger partial charge in [-0.25, -0.2) is 0 Å². The summed E-state index contributed by atoms with van der Waals surface area (Å²) in [6.07, 6.45) is 1.84. The molecule has 1 rings (SSSR count). The molecule has 1 saturated carbocycles. The van der Waals surface area contributed by atoms with E-state index in [0.29, 0.717) is 25.0 Å². The number of likely N-dealkylation sites (N-methyl/N-ethyl adjacent to an activating group) is 1. The average Bonchev–Trinajstić information content (AvgIpc) is 3.25. The highest BCUT2D eigenvalue weighted by molar-refractivity contribution is 14.0. The third kappa shape index (κ3) is 12.4. The van der Waals surface area contributed by atoms with E-state index in [1.54, 1.807) is 11.9 Å². The maximum atomic E-state index is 12.0. The zero-order chi connectivity index (χ0) is 18.2. The van der Waals surface area contributed by atoms with E-state index < -0.39 is 6.10 Å². The molecule has 0 aromatic rings. The molecule has 0 aliphatic heterocycles. The van der Waals surface area contributed by atoms with Crippen LogP contribution in [0.25, 0.3) is 0 Å². The van der Waals surface area contributed by atoms with Crippen molar-refractivity contribution in [3.05, 3.63) is 0 Å². The van der Waals surface area contributed by atoms with Crippen LogP contribution >= 0.6 is 24.0 Å². The van der Waals surface area contributed by atoms with Gasteiger partial charge in [-0.05, 0) is 46.5 Å². The molecule has 0 bridgehead atoms. The molecule has 1 fully saturated rings. The number of rotatable bonds is 9. The van der Waals surface area contributed by atoms with Crippen LogP contribution in [0.4, 0.5) is 0 Å². The third-order valence-corrected chi connectivity index (χ3v) is 3.40. The van der Waals surface area contributed by atoms with E-state index in [-0.39, 0.29) is 48.5 Å². The van der Waals surface area contributed by atoms with Crippen molar-refractivity contribution in [2.45, 2.75) is 52.2 Å². The molecule has 1 aliphatic carbocycles. The molecule has 8 heteroatoms. The van der Waals surface area contributed by atoms with Crippen molar-refractivity contribution in [3.63, 3.8) is 0 Å². The zero-order valence-electron chi connectivity index (χ0n) is 16.2. The number of halogens is 1. The van der Waals surface area contributed by atoms with Gasteiger partial charge in [0.05, 0.1) is 25.8 Å². The minimum absolute atomic E-state index is 0. The smallest absolute Gasteiger partial charge is 0.240 e. The Hall–Kier alpha value is -0.610. The summed E-state index contributed by atoms with van der Waals surface area (Å²) in [5.41, 5.74) is -0.261. The van der Waals surface area contributed by atoms with E-state index in [9.17, 15) is 9.90 Å². The first-order chi connectivity index (χ1) is 11.2. The van der Waals surface area contributed by atoms with Crippen LogP contribution in [0, 0.1) is 5.92 Å². The normalized spacial score (nSPS) is 16.0. The fraction of sp³-hybridized carbons (Fsp3) is 0.882. The maximum absolute atomic E-state index is 12.0. The minimum atomic E-state index is -0.630. The van der Waals surface area contributed by atoms with Crippen LogP contribution < -0.4 is 10.6 Å². The van der Waals surface area contributed by atoms with Crippen LogP contribution in [0.5, 0.6) is 0 Å². The summed E-state index contributed by atoms with van der Waals surface area (Å²) in [7, 11) is 1.81. The fourth-order valence-corrected chi connectivity index (χ4v) is 2.12. The van der Waals surface area contributed by atoms with Gasteiger partial charge in [-0.15, -0.1) is 24.0 Å². The summed E-state index contributed by atoms with van der Waals surface area (Å²) in [6, 6.07) is 0. The topological polar surface area (TPSA) is 86.2 Å². The van der Waals surface area contributed by atoms with Crippen LogP contribution in [0.15, 0.2) is 4.99 Å². The molecule has 0 radical (unpaired) electrons. The molecule has 0 spiro atoms. The Morgan fingerprint density at radius 1 is 1.40 bits per heavy atom. The first-order valence-corrected chi connectivity index (χ1v) is 8.77. The molecule has 1 atom stereocenters. The number of hydrogen-bond acceptors (Lipinski definition) is 4. The highest BCUT2D eigenvalue weighted by Gasteiger charge is 2.21. The van der Waals surface area contributed by atoms with Gasteiger partial charge < -0.3 is 25.4 Å². The number of aliphatic imine (C=N–C) groups is 1. The van der Waals surface area contributed by atoms with Gasteiger partial charge in [-0.2, -0.15) is 0 Å². The molecule has 7 nitrogen and oxygen atoms in total. The fourth-order valence-electron chi connectivity index (χ4n) is 2.12. The molecular formula is C17H35IN4O3. The van der Waals surface area contributed by atoms with Crippen molar-refractivity contribution in [2.24, 2.45) is 10.9 Å². The SMILES string of the molecule is CCNC(=NCC(O)COCC1CC1)N(C)CC(=O)NC(C)(C)C.I. The highest BCUT2D eigenvalue weighted by Crippen LogP contribution is 2.28. The predicted molar refractivity (Wildman–Crippen MR) is 111 cm³/mol. The molecule has 148 valence electrons. The summed E-state index contributed by atoms with van der Waals surface area (Å²) in [5, 5.41) is 16.0. The molecule has 1 aliphatic rings. The van der Waals surface area contributed by atoms with Crippen molar-refractivity contribution >= 4 is 35.8 Å². The molecule has 25 heavy (non-hydrogen) atoms. The number of ether oxygens (including phenoxy) is 1. The van der Waals surface area contributed by atoms with Crippen molar-refractivity contribution in [2.75, 3.05) is 39.9 Å². The Morgan fingerprint density at radius 3 is 2.56 bits per heavy atom. The number of nitrogens with zero attached hydrogens (tertiary/aromatic N) is 2. The van der Waals surface area contributed by atoms with Crippen molar-refractivity contribution in [3.8, 4) is 0 Å². The molecule has 1 unspecified atom stereocenters. The molecule has 0 aromatic carbocycles. The van der Waals surface area contributed by atoms with E-state index in [4.69, 9.17) is 4.74 Å². The lowest BCUT2D eigenvalue weighted by Crippen LogP contribution is -2.49.